The number of nitrogen functional groups attached to an aromatic ring is 2. The predicted molar refractivity (Wildman–Crippen MR) is 157 cm³/mol. The number of nitrogens with one attached hydrogen (secondary N) is 2. The number of rotatable bonds is 12. The van der Waals surface area contributed by atoms with Gasteiger partial charge in [0.15, 0.2) is 17.0 Å². The van der Waals surface area contributed by atoms with Crippen LogP contribution in [-0.2, 0) is 11.3 Å². The van der Waals surface area contributed by atoms with E-state index in [4.69, 9.17) is 22.9 Å². The highest BCUT2D eigenvalue weighted by Gasteiger charge is 2.33. The molecule has 0 saturated heterocycles. The Morgan fingerprint density at radius 1 is 1.07 bits per heavy atom. The third kappa shape index (κ3) is 7.32. The average Bonchev–Trinajstić information content (AvgIpc) is 2.85. The summed E-state index contributed by atoms with van der Waals surface area (Å²) < 4.78 is 0. The molecule has 214 valence electrons. The van der Waals surface area contributed by atoms with Crippen LogP contribution < -0.4 is 38.5 Å². The number of nitrogens with two attached hydrogens (primary N) is 4. The first-order valence-corrected chi connectivity index (χ1v) is 12.8. The Labute approximate surface area is 233 Å². The molecule has 1 unspecified atom stereocenters. The molecule has 10 N–H and O–H groups in total. The SMILES string of the molecule is C=C(CCC(NC(=O)c1ccc(N(C)Cc2cnc3nc(N)nc(N)c3n2)cc1)C(N)=O)NC(C)(C)C(C)(C)N. The molecule has 40 heavy (non-hydrogen) atoms. The van der Waals surface area contributed by atoms with Gasteiger partial charge in [0.1, 0.15) is 6.04 Å². The normalized spacial score (nSPS) is 12.6. The standard InChI is InChI=1S/C27H39N11O2/c1-15(37-27(4,5)26(2,3)31)7-12-19(22(29)39)34-24(40)16-8-10-18(11-9-16)38(6)14-17-13-32-23-20(33-17)21(28)35-25(30)36-23/h8-11,13,19,37H,1,7,12,14,31H2,2-6H3,(H2,29,39)(H,34,40)(H4,28,30,32,35,36). The summed E-state index contributed by atoms with van der Waals surface area (Å²) in [4.78, 5) is 43.6. The lowest BCUT2D eigenvalue weighted by Crippen LogP contribution is -2.60. The molecule has 13 heteroatoms. The molecule has 0 aliphatic carbocycles. The van der Waals surface area contributed by atoms with Crippen molar-refractivity contribution in [3.63, 3.8) is 0 Å². The summed E-state index contributed by atoms with van der Waals surface area (Å²) in [5.41, 5.74) is 25.7. The molecule has 0 radical (unpaired) electrons. The summed E-state index contributed by atoms with van der Waals surface area (Å²) in [6.07, 6.45) is 2.32. The van der Waals surface area contributed by atoms with Gasteiger partial charge in [0, 0.05) is 35.1 Å². The molecule has 2 heterocycles. The summed E-state index contributed by atoms with van der Waals surface area (Å²) in [6.45, 7) is 12.2. The van der Waals surface area contributed by atoms with E-state index in [0.29, 0.717) is 47.5 Å². The molecule has 13 nitrogen and oxygen atoms in total. The minimum absolute atomic E-state index is 0.0357. The molecule has 1 atom stereocenters. The van der Waals surface area contributed by atoms with E-state index in [1.54, 1.807) is 30.5 Å². The number of amides is 2. The Morgan fingerprint density at radius 3 is 2.33 bits per heavy atom. The molecule has 0 bridgehead atoms. The van der Waals surface area contributed by atoms with E-state index in [9.17, 15) is 9.59 Å². The highest BCUT2D eigenvalue weighted by molar-refractivity contribution is 5.97. The Balaban J connectivity index is 1.60. The first kappa shape index (κ1) is 30.0. The molecule has 3 aromatic rings. The summed E-state index contributed by atoms with van der Waals surface area (Å²) in [5.74, 6) is -0.835. The number of nitrogens with zero attached hydrogens (tertiary/aromatic N) is 5. The quantitative estimate of drug-likeness (QED) is 0.188. The van der Waals surface area contributed by atoms with Crippen molar-refractivity contribution in [1.82, 2.24) is 30.6 Å². The fraction of sp³-hybridized carbons (Fsp3) is 0.407. The number of hydrogen-bond acceptors (Lipinski definition) is 11. The number of aromatic nitrogens is 4. The first-order valence-electron chi connectivity index (χ1n) is 12.8. The molecule has 0 spiro atoms. The molecule has 1 aromatic carbocycles. The van der Waals surface area contributed by atoms with Crippen LogP contribution in [0, 0.1) is 0 Å². The van der Waals surface area contributed by atoms with Gasteiger partial charge in [0.25, 0.3) is 5.91 Å². The third-order valence-electron chi connectivity index (χ3n) is 6.95. The zero-order chi connectivity index (χ0) is 29.8. The number of hydrogen-bond donors (Lipinski definition) is 6. The number of anilines is 3. The predicted octanol–water partition coefficient (Wildman–Crippen LogP) is 1.20. The largest absolute Gasteiger partial charge is 0.382 e. The van der Waals surface area contributed by atoms with Crippen molar-refractivity contribution in [3.05, 3.63) is 54.0 Å². The molecular formula is C27H39N11O2. The van der Waals surface area contributed by atoms with Crippen LogP contribution in [0.4, 0.5) is 17.5 Å². The molecule has 0 aliphatic heterocycles. The third-order valence-corrected chi connectivity index (χ3v) is 6.95. The molecule has 0 aliphatic rings. The van der Waals surface area contributed by atoms with E-state index in [1.165, 1.54) is 0 Å². The van der Waals surface area contributed by atoms with Crippen LogP contribution in [0.3, 0.4) is 0 Å². The Hall–Kier alpha value is -4.52. The lowest BCUT2D eigenvalue weighted by atomic mass is 9.83. The van der Waals surface area contributed by atoms with Crippen LogP contribution in [0.25, 0.3) is 11.2 Å². The van der Waals surface area contributed by atoms with Gasteiger partial charge in [-0.3, -0.25) is 9.59 Å². The minimum atomic E-state index is -0.861. The minimum Gasteiger partial charge on any atom is -0.382 e. The number of benzene rings is 1. The number of carbonyl (C=O) groups excluding carboxylic acids is 2. The zero-order valence-corrected chi connectivity index (χ0v) is 23.7. The highest BCUT2D eigenvalue weighted by atomic mass is 16.2. The van der Waals surface area contributed by atoms with Crippen LogP contribution in [0.2, 0.25) is 0 Å². The Kier molecular flexibility index (Phi) is 8.78. The maximum Gasteiger partial charge on any atom is 0.251 e. The van der Waals surface area contributed by atoms with Crippen LogP contribution in [0.15, 0.2) is 42.7 Å². The van der Waals surface area contributed by atoms with Gasteiger partial charge >= 0.3 is 0 Å². The van der Waals surface area contributed by atoms with Gasteiger partial charge in [-0.1, -0.05) is 6.58 Å². The highest BCUT2D eigenvalue weighted by Crippen LogP contribution is 2.21. The van der Waals surface area contributed by atoms with E-state index in [-0.39, 0.29) is 11.8 Å². The van der Waals surface area contributed by atoms with Gasteiger partial charge < -0.3 is 38.5 Å². The monoisotopic (exact) mass is 549 g/mol. The fourth-order valence-electron chi connectivity index (χ4n) is 3.77. The van der Waals surface area contributed by atoms with Gasteiger partial charge in [-0.2, -0.15) is 9.97 Å². The van der Waals surface area contributed by atoms with Crippen molar-refractivity contribution >= 4 is 40.4 Å². The zero-order valence-electron chi connectivity index (χ0n) is 23.7. The summed E-state index contributed by atoms with van der Waals surface area (Å²) >= 11 is 0. The number of carbonyl (C=O) groups is 2. The molecule has 3 rings (SSSR count). The van der Waals surface area contributed by atoms with Gasteiger partial charge in [-0.15, -0.1) is 0 Å². The molecule has 0 saturated carbocycles. The second-order valence-electron chi connectivity index (χ2n) is 10.9. The lowest BCUT2D eigenvalue weighted by Gasteiger charge is -2.40. The smallest absolute Gasteiger partial charge is 0.251 e. The van der Waals surface area contributed by atoms with Crippen molar-refractivity contribution in [2.75, 3.05) is 23.4 Å². The molecule has 0 fully saturated rings. The molecule has 2 aromatic heterocycles. The van der Waals surface area contributed by atoms with Crippen molar-refractivity contribution in [3.8, 4) is 0 Å². The van der Waals surface area contributed by atoms with Crippen molar-refractivity contribution in [2.24, 2.45) is 11.5 Å². The topological polar surface area (TPSA) is 217 Å². The van der Waals surface area contributed by atoms with Crippen LogP contribution in [-0.4, -0.2) is 55.9 Å². The van der Waals surface area contributed by atoms with E-state index >= 15 is 0 Å². The summed E-state index contributed by atoms with van der Waals surface area (Å²) in [7, 11) is 1.88. The number of primary amides is 1. The Morgan fingerprint density at radius 2 is 1.73 bits per heavy atom. The van der Waals surface area contributed by atoms with Gasteiger partial charge in [0.05, 0.1) is 18.4 Å². The van der Waals surface area contributed by atoms with Crippen molar-refractivity contribution in [1.29, 1.82) is 0 Å². The molecular weight excluding hydrogens is 510 g/mol. The first-order chi connectivity index (χ1) is 18.6. The summed E-state index contributed by atoms with van der Waals surface area (Å²) in [6, 6.07) is 6.07. The van der Waals surface area contributed by atoms with E-state index in [2.05, 4.69) is 37.1 Å². The maximum absolute atomic E-state index is 12.9. The van der Waals surface area contributed by atoms with E-state index in [1.807, 2.05) is 39.6 Å². The van der Waals surface area contributed by atoms with Crippen LogP contribution in [0.5, 0.6) is 0 Å². The molecule has 2 amide bonds. The summed E-state index contributed by atoms with van der Waals surface area (Å²) in [5, 5.41) is 6.03. The average molecular weight is 550 g/mol. The fourth-order valence-corrected chi connectivity index (χ4v) is 3.77. The van der Waals surface area contributed by atoms with Crippen molar-refractivity contribution in [2.45, 2.75) is 64.2 Å². The van der Waals surface area contributed by atoms with E-state index < -0.39 is 28.9 Å². The second-order valence-corrected chi connectivity index (χ2v) is 10.9. The van der Waals surface area contributed by atoms with Gasteiger partial charge in [-0.05, 0) is 64.8 Å². The maximum atomic E-state index is 12.9. The van der Waals surface area contributed by atoms with Crippen molar-refractivity contribution < 1.29 is 9.59 Å². The van der Waals surface area contributed by atoms with Gasteiger partial charge in [-0.25, -0.2) is 9.97 Å². The Bertz CT molecular complexity index is 1400. The van der Waals surface area contributed by atoms with Crippen LogP contribution >= 0.6 is 0 Å². The van der Waals surface area contributed by atoms with E-state index in [0.717, 1.165) is 5.69 Å². The van der Waals surface area contributed by atoms with Gasteiger partial charge in [0.2, 0.25) is 11.9 Å². The second kappa shape index (κ2) is 11.7. The lowest BCUT2D eigenvalue weighted by molar-refractivity contribution is -0.120. The number of allylic oxidation sites excluding steroid dienone is 1. The van der Waals surface area contributed by atoms with Crippen LogP contribution in [0.1, 0.15) is 56.6 Å². The number of fused-ring (bicyclic) bond motifs is 1.